The van der Waals surface area contributed by atoms with Crippen molar-refractivity contribution < 1.29 is 4.57 Å². The first kappa shape index (κ1) is 9.71. The smallest absolute Gasteiger partial charge is 0.189 e. The molecule has 78 valence electrons. The number of rotatable bonds is 3. The second-order valence-electron chi connectivity index (χ2n) is 3.70. The number of nitrogens with one attached hydrogen (secondary N) is 1. The summed E-state index contributed by atoms with van der Waals surface area (Å²) in [6.07, 6.45) is 5.90. The van der Waals surface area contributed by atoms with E-state index in [4.69, 9.17) is 0 Å². The molecule has 0 radical (unpaired) electrons. The van der Waals surface area contributed by atoms with Gasteiger partial charge < -0.3 is 4.90 Å². The number of pyridine rings is 1. The summed E-state index contributed by atoms with van der Waals surface area (Å²) >= 11 is 0. The maximum absolute atomic E-state index is 3.92. The lowest BCUT2D eigenvalue weighted by atomic mass is 10.3. The van der Waals surface area contributed by atoms with Crippen molar-refractivity contribution in [1.82, 2.24) is 10.2 Å². The van der Waals surface area contributed by atoms with Gasteiger partial charge in [0.2, 0.25) is 0 Å². The Labute approximate surface area is 89.2 Å². The summed E-state index contributed by atoms with van der Waals surface area (Å²) in [5.41, 5.74) is 2.31. The maximum Gasteiger partial charge on any atom is 0.189 e. The van der Waals surface area contributed by atoms with Crippen LogP contribution in [0, 0.1) is 0 Å². The van der Waals surface area contributed by atoms with Crippen LogP contribution in [0.25, 0.3) is 0 Å². The maximum atomic E-state index is 3.92. The van der Waals surface area contributed by atoms with Crippen molar-refractivity contribution in [2.75, 3.05) is 19.0 Å². The highest BCUT2D eigenvalue weighted by atomic mass is 15.1. The molecule has 2 heterocycles. The van der Waals surface area contributed by atoms with Gasteiger partial charge in [-0.05, 0) is 6.07 Å². The second kappa shape index (κ2) is 4.13. The zero-order valence-corrected chi connectivity index (χ0v) is 9.01. The third-order valence-corrected chi connectivity index (χ3v) is 2.30. The number of aromatic amines is 1. The summed E-state index contributed by atoms with van der Waals surface area (Å²) in [6.45, 7) is 0.827. The van der Waals surface area contributed by atoms with Crippen LogP contribution < -0.4 is 9.47 Å². The molecule has 2 aromatic heterocycles. The highest BCUT2D eigenvalue weighted by Gasteiger charge is 2.04. The quantitative estimate of drug-likeness (QED) is 0.749. The van der Waals surface area contributed by atoms with Gasteiger partial charge in [0.25, 0.3) is 0 Å². The molecule has 0 aliphatic heterocycles. The molecule has 2 rings (SSSR count). The molecule has 0 unspecified atom stereocenters. The van der Waals surface area contributed by atoms with Crippen molar-refractivity contribution in [3.63, 3.8) is 0 Å². The molecule has 0 bridgehead atoms. The first-order valence-electron chi connectivity index (χ1n) is 4.90. The number of anilines is 1. The van der Waals surface area contributed by atoms with Crippen LogP contribution in [0.3, 0.4) is 0 Å². The Morgan fingerprint density at radius 2 is 2.00 bits per heavy atom. The molecular formula is C11H15N4+. The highest BCUT2D eigenvalue weighted by molar-refractivity contribution is 5.41. The SMILES string of the molecule is CN(C)c1cc[n+](Cc2ccn[nH]2)cc1. The predicted octanol–water partition coefficient (Wildman–Crippen LogP) is 0.811. The number of H-pyrrole nitrogens is 1. The van der Waals surface area contributed by atoms with Crippen LogP contribution in [0.15, 0.2) is 36.8 Å². The summed E-state index contributed by atoms with van der Waals surface area (Å²) in [7, 11) is 4.07. The average molecular weight is 203 g/mol. The van der Waals surface area contributed by atoms with Crippen LogP contribution in [0.4, 0.5) is 5.69 Å². The summed E-state index contributed by atoms with van der Waals surface area (Å²) in [5, 5.41) is 6.86. The van der Waals surface area contributed by atoms with Crippen molar-refractivity contribution >= 4 is 5.69 Å². The monoisotopic (exact) mass is 203 g/mol. The fraction of sp³-hybridized carbons (Fsp3) is 0.273. The largest absolute Gasteiger partial charge is 0.377 e. The van der Waals surface area contributed by atoms with E-state index in [0.717, 1.165) is 12.2 Å². The topological polar surface area (TPSA) is 35.8 Å². The van der Waals surface area contributed by atoms with E-state index in [1.165, 1.54) is 5.69 Å². The van der Waals surface area contributed by atoms with E-state index in [1.54, 1.807) is 6.20 Å². The van der Waals surface area contributed by atoms with E-state index in [9.17, 15) is 0 Å². The molecule has 0 aromatic carbocycles. The minimum atomic E-state index is 0.827. The van der Waals surface area contributed by atoms with Crippen molar-refractivity contribution in [1.29, 1.82) is 0 Å². The number of nitrogens with zero attached hydrogens (tertiary/aromatic N) is 3. The van der Waals surface area contributed by atoms with Crippen LogP contribution in [0.2, 0.25) is 0 Å². The van der Waals surface area contributed by atoms with E-state index in [0.29, 0.717) is 0 Å². The van der Waals surface area contributed by atoms with Gasteiger partial charge in [-0.25, -0.2) is 0 Å². The lowest BCUT2D eigenvalue weighted by Gasteiger charge is -2.10. The van der Waals surface area contributed by atoms with E-state index in [2.05, 4.69) is 44.2 Å². The highest BCUT2D eigenvalue weighted by Crippen LogP contribution is 2.06. The first-order valence-corrected chi connectivity index (χ1v) is 4.90. The average Bonchev–Trinajstić information content (AvgIpc) is 2.71. The van der Waals surface area contributed by atoms with Gasteiger partial charge in [-0.15, -0.1) is 0 Å². The van der Waals surface area contributed by atoms with Gasteiger partial charge in [-0.1, -0.05) is 0 Å². The summed E-state index contributed by atoms with van der Waals surface area (Å²) in [6, 6.07) is 6.17. The third-order valence-electron chi connectivity index (χ3n) is 2.30. The van der Waals surface area contributed by atoms with Gasteiger partial charge in [0.05, 0.1) is 5.69 Å². The van der Waals surface area contributed by atoms with E-state index in [-0.39, 0.29) is 0 Å². The molecule has 0 spiro atoms. The van der Waals surface area contributed by atoms with Crippen LogP contribution in [-0.4, -0.2) is 24.3 Å². The zero-order valence-electron chi connectivity index (χ0n) is 9.01. The molecule has 4 heteroatoms. The van der Waals surface area contributed by atoms with Crippen LogP contribution in [-0.2, 0) is 6.54 Å². The second-order valence-corrected chi connectivity index (χ2v) is 3.70. The van der Waals surface area contributed by atoms with Gasteiger partial charge >= 0.3 is 0 Å². The standard InChI is InChI=1S/C11H15N4/c1-14(2)11-4-7-15(8-5-11)9-10-3-6-12-13-10/h3-8H,9H2,1-2H3,(H,12,13)/q+1. The van der Waals surface area contributed by atoms with Crippen LogP contribution >= 0.6 is 0 Å². The molecule has 0 fully saturated rings. The summed E-state index contributed by atoms with van der Waals surface area (Å²) < 4.78 is 2.11. The summed E-state index contributed by atoms with van der Waals surface area (Å²) in [5.74, 6) is 0. The van der Waals surface area contributed by atoms with Crippen molar-refractivity contribution in [3.8, 4) is 0 Å². The molecule has 0 amide bonds. The first-order chi connectivity index (χ1) is 7.25. The molecule has 0 aliphatic rings. The summed E-state index contributed by atoms with van der Waals surface area (Å²) in [4.78, 5) is 2.08. The number of hydrogen-bond donors (Lipinski definition) is 1. The molecular weight excluding hydrogens is 188 g/mol. The Kier molecular flexibility index (Phi) is 2.67. The Bertz CT molecular complexity index is 403. The van der Waals surface area contributed by atoms with E-state index >= 15 is 0 Å². The lowest BCUT2D eigenvalue weighted by molar-refractivity contribution is -0.688. The van der Waals surface area contributed by atoms with Gasteiger partial charge in [0.15, 0.2) is 18.9 Å². The molecule has 0 saturated carbocycles. The van der Waals surface area contributed by atoms with Gasteiger partial charge in [0.1, 0.15) is 0 Å². The Balaban J connectivity index is 2.11. The van der Waals surface area contributed by atoms with E-state index in [1.807, 2.05) is 20.2 Å². The van der Waals surface area contributed by atoms with Crippen molar-refractivity contribution in [3.05, 3.63) is 42.5 Å². The molecule has 0 atom stereocenters. The molecule has 0 saturated heterocycles. The Morgan fingerprint density at radius 1 is 1.27 bits per heavy atom. The third kappa shape index (κ3) is 2.34. The Morgan fingerprint density at radius 3 is 2.53 bits per heavy atom. The zero-order chi connectivity index (χ0) is 10.7. The minimum Gasteiger partial charge on any atom is -0.377 e. The van der Waals surface area contributed by atoms with Gasteiger partial charge in [0, 0.05) is 38.1 Å². The molecule has 4 nitrogen and oxygen atoms in total. The Hall–Kier alpha value is -1.84. The minimum absolute atomic E-state index is 0.827. The van der Waals surface area contributed by atoms with E-state index < -0.39 is 0 Å². The van der Waals surface area contributed by atoms with Gasteiger partial charge in [-0.2, -0.15) is 9.67 Å². The van der Waals surface area contributed by atoms with Crippen LogP contribution in [0.5, 0.6) is 0 Å². The van der Waals surface area contributed by atoms with Crippen LogP contribution in [0.1, 0.15) is 5.69 Å². The fourth-order valence-electron chi connectivity index (χ4n) is 1.42. The molecule has 0 aliphatic carbocycles. The molecule has 15 heavy (non-hydrogen) atoms. The number of aromatic nitrogens is 3. The fourth-order valence-corrected chi connectivity index (χ4v) is 1.42. The lowest BCUT2D eigenvalue weighted by Crippen LogP contribution is -2.33. The number of hydrogen-bond acceptors (Lipinski definition) is 2. The predicted molar refractivity (Wildman–Crippen MR) is 58.7 cm³/mol. The molecule has 1 N–H and O–H groups in total. The van der Waals surface area contributed by atoms with Gasteiger partial charge in [-0.3, -0.25) is 5.10 Å². The molecule has 2 aromatic rings. The van der Waals surface area contributed by atoms with Crippen molar-refractivity contribution in [2.45, 2.75) is 6.54 Å². The normalized spacial score (nSPS) is 10.3. The van der Waals surface area contributed by atoms with Crippen molar-refractivity contribution in [2.24, 2.45) is 0 Å².